The zero-order valence-corrected chi connectivity index (χ0v) is 20.6. The SMILES string of the molecule is C=C1C(=CC=C2CCC[C@]3(C)[C@@H]([C@@H](C)CCCC(C)(C)O)CC[C@@H]23)C[C@](C)(O)C[C@@H]1O. The Balaban J connectivity index is 1.72. The molecule has 0 aromatic heterocycles. The van der Waals surface area contributed by atoms with Gasteiger partial charge in [-0.2, -0.15) is 0 Å². The standard InChI is InChI=1S/C28H46O3/c1-19(9-7-15-26(3,4)30)23-13-14-24-21(10-8-16-28(23,24)6)11-12-22-17-27(5,31)18-25(29)20(22)2/h11-12,19,23-25,29-31H,2,7-10,13-18H2,1,3-6H3/t19-,23+,24-,25-,27-,28+/m0/s1. The van der Waals surface area contributed by atoms with Gasteiger partial charge in [-0.3, -0.25) is 0 Å². The third kappa shape index (κ3) is 5.72. The first-order valence-electron chi connectivity index (χ1n) is 12.5. The van der Waals surface area contributed by atoms with E-state index in [0.29, 0.717) is 30.1 Å². The zero-order chi connectivity index (χ0) is 23.0. The topological polar surface area (TPSA) is 60.7 Å². The molecular weight excluding hydrogens is 384 g/mol. The second-order valence-electron chi connectivity index (χ2n) is 12.1. The molecule has 3 N–H and O–H groups in total. The molecule has 0 spiro atoms. The van der Waals surface area contributed by atoms with Crippen LogP contribution in [0.4, 0.5) is 0 Å². The first-order chi connectivity index (χ1) is 14.3. The van der Waals surface area contributed by atoms with Gasteiger partial charge in [-0.05, 0) is 93.6 Å². The lowest BCUT2D eigenvalue weighted by molar-refractivity contribution is 0.00361. The highest BCUT2D eigenvalue weighted by atomic mass is 16.3. The largest absolute Gasteiger partial charge is 0.390 e. The smallest absolute Gasteiger partial charge is 0.0814 e. The second-order valence-corrected chi connectivity index (χ2v) is 12.1. The fraction of sp³-hybridized carbons (Fsp3) is 0.786. The molecule has 0 aromatic carbocycles. The van der Waals surface area contributed by atoms with Crippen LogP contribution in [0, 0.1) is 23.2 Å². The molecule has 3 rings (SSSR count). The highest BCUT2D eigenvalue weighted by molar-refractivity contribution is 5.39. The quantitative estimate of drug-likeness (QED) is 0.477. The van der Waals surface area contributed by atoms with Crippen LogP contribution in [0.15, 0.2) is 35.5 Å². The molecule has 0 radical (unpaired) electrons. The van der Waals surface area contributed by atoms with Crippen molar-refractivity contribution in [3.63, 3.8) is 0 Å². The third-order valence-corrected chi connectivity index (χ3v) is 8.69. The van der Waals surface area contributed by atoms with Crippen LogP contribution in [0.3, 0.4) is 0 Å². The van der Waals surface area contributed by atoms with Crippen molar-refractivity contribution in [2.75, 3.05) is 0 Å². The van der Waals surface area contributed by atoms with Gasteiger partial charge in [0.15, 0.2) is 0 Å². The summed E-state index contributed by atoms with van der Waals surface area (Å²) in [6.45, 7) is 14.7. The Labute approximate surface area is 190 Å². The van der Waals surface area contributed by atoms with E-state index >= 15 is 0 Å². The van der Waals surface area contributed by atoms with E-state index in [9.17, 15) is 15.3 Å². The summed E-state index contributed by atoms with van der Waals surface area (Å²) >= 11 is 0. The van der Waals surface area contributed by atoms with Gasteiger partial charge >= 0.3 is 0 Å². The maximum Gasteiger partial charge on any atom is 0.0814 e. The maximum atomic E-state index is 10.5. The predicted octanol–water partition coefficient (Wildman–Crippen LogP) is 6.09. The minimum absolute atomic E-state index is 0.366. The average molecular weight is 431 g/mol. The molecule has 0 bridgehead atoms. The minimum Gasteiger partial charge on any atom is -0.390 e. The summed E-state index contributed by atoms with van der Waals surface area (Å²) in [5, 5.41) is 30.8. The van der Waals surface area contributed by atoms with Crippen molar-refractivity contribution in [3.8, 4) is 0 Å². The van der Waals surface area contributed by atoms with Crippen molar-refractivity contribution >= 4 is 0 Å². The number of hydrogen-bond donors (Lipinski definition) is 3. The van der Waals surface area contributed by atoms with Crippen molar-refractivity contribution < 1.29 is 15.3 Å². The van der Waals surface area contributed by atoms with Gasteiger partial charge in [0.2, 0.25) is 0 Å². The number of hydrogen-bond acceptors (Lipinski definition) is 3. The molecule has 3 saturated carbocycles. The molecule has 0 amide bonds. The van der Waals surface area contributed by atoms with Gasteiger partial charge in [-0.1, -0.05) is 51.0 Å². The van der Waals surface area contributed by atoms with Crippen LogP contribution < -0.4 is 0 Å². The lowest BCUT2D eigenvalue weighted by atomic mass is 9.60. The normalized spacial score (nSPS) is 40.4. The van der Waals surface area contributed by atoms with Crippen molar-refractivity contribution in [3.05, 3.63) is 35.5 Å². The van der Waals surface area contributed by atoms with Gasteiger partial charge in [-0.25, -0.2) is 0 Å². The molecule has 31 heavy (non-hydrogen) atoms. The zero-order valence-electron chi connectivity index (χ0n) is 20.6. The van der Waals surface area contributed by atoms with Gasteiger partial charge in [0, 0.05) is 12.8 Å². The van der Waals surface area contributed by atoms with Crippen LogP contribution in [0.25, 0.3) is 0 Å². The number of allylic oxidation sites excluding steroid dienone is 3. The van der Waals surface area contributed by atoms with Gasteiger partial charge in [0.05, 0.1) is 17.3 Å². The highest BCUT2D eigenvalue weighted by Crippen LogP contribution is 2.60. The van der Waals surface area contributed by atoms with E-state index in [1.807, 2.05) is 20.8 Å². The molecule has 0 aliphatic heterocycles. The van der Waals surface area contributed by atoms with Crippen LogP contribution >= 0.6 is 0 Å². The predicted molar refractivity (Wildman–Crippen MR) is 129 cm³/mol. The second kappa shape index (κ2) is 9.15. The molecular formula is C28H46O3. The highest BCUT2D eigenvalue weighted by Gasteiger charge is 2.50. The number of rotatable bonds is 6. The molecule has 0 saturated heterocycles. The Morgan fingerprint density at radius 2 is 1.94 bits per heavy atom. The van der Waals surface area contributed by atoms with Gasteiger partial charge in [0.25, 0.3) is 0 Å². The van der Waals surface area contributed by atoms with Crippen molar-refractivity contribution in [2.24, 2.45) is 23.2 Å². The van der Waals surface area contributed by atoms with E-state index in [1.54, 1.807) is 5.57 Å². The first kappa shape index (κ1) is 24.7. The summed E-state index contributed by atoms with van der Waals surface area (Å²) in [5.74, 6) is 2.09. The van der Waals surface area contributed by atoms with Crippen LogP contribution in [0.1, 0.15) is 98.8 Å². The van der Waals surface area contributed by atoms with E-state index in [0.717, 1.165) is 36.3 Å². The van der Waals surface area contributed by atoms with E-state index in [2.05, 4.69) is 32.6 Å². The summed E-state index contributed by atoms with van der Waals surface area (Å²) in [6, 6.07) is 0. The Morgan fingerprint density at radius 3 is 2.61 bits per heavy atom. The molecule has 0 heterocycles. The third-order valence-electron chi connectivity index (χ3n) is 8.69. The summed E-state index contributed by atoms with van der Waals surface area (Å²) in [5.41, 5.74) is 2.27. The van der Waals surface area contributed by atoms with Crippen molar-refractivity contribution in [2.45, 2.75) is 116 Å². The lowest BCUT2D eigenvalue weighted by Gasteiger charge is -2.44. The summed E-state index contributed by atoms with van der Waals surface area (Å²) in [4.78, 5) is 0. The maximum absolute atomic E-state index is 10.5. The molecule has 0 unspecified atom stereocenters. The molecule has 3 fully saturated rings. The Bertz CT molecular complexity index is 723. The fourth-order valence-corrected chi connectivity index (χ4v) is 7.00. The van der Waals surface area contributed by atoms with E-state index in [4.69, 9.17) is 0 Å². The molecule has 176 valence electrons. The number of aliphatic hydroxyl groups is 3. The van der Waals surface area contributed by atoms with Crippen molar-refractivity contribution in [1.29, 1.82) is 0 Å². The lowest BCUT2D eigenvalue weighted by Crippen LogP contribution is -2.37. The summed E-state index contributed by atoms with van der Waals surface area (Å²) < 4.78 is 0. The van der Waals surface area contributed by atoms with Gasteiger partial charge in [0.1, 0.15) is 0 Å². The van der Waals surface area contributed by atoms with E-state index in [1.165, 1.54) is 32.1 Å². The Morgan fingerprint density at radius 1 is 1.23 bits per heavy atom. The molecule has 3 aliphatic rings. The first-order valence-corrected chi connectivity index (χ1v) is 12.5. The average Bonchev–Trinajstić information content (AvgIpc) is 2.99. The molecule has 3 nitrogen and oxygen atoms in total. The molecule has 6 atom stereocenters. The van der Waals surface area contributed by atoms with Crippen LogP contribution in [-0.4, -0.2) is 32.6 Å². The minimum atomic E-state index is -0.858. The monoisotopic (exact) mass is 430 g/mol. The van der Waals surface area contributed by atoms with Gasteiger partial charge in [-0.15, -0.1) is 0 Å². The van der Waals surface area contributed by atoms with Crippen LogP contribution in [-0.2, 0) is 0 Å². The van der Waals surface area contributed by atoms with Gasteiger partial charge < -0.3 is 15.3 Å². The Hall–Kier alpha value is -0.900. The summed E-state index contributed by atoms with van der Waals surface area (Å²) in [6.07, 6.45) is 14.2. The Kier molecular flexibility index (Phi) is 7.30. The molecule has 3 heteroatoms. The van der Waals surface area contributed by atoms with Crippen LogP contribution in [0.2, 0.25) is 0 Å². The fourth-order valence-electron chi connectivity index (χ4n) is 7.00. The molecule has 3 aliphatic carbocycles. The van der Waals surface area contributed by atoms with E-state index in [-0.39, 0.29) is 0 Å². The summed E-state index contributed by atoms with van der Waals surface area (Å²) in [7, 11) is 0. The van der Waals surface area contributed by atoms with Crippen molar-refractivity contribution in [1.82, 2.24) is 0 Å². The molecule has 0 aromatic rings. The van der Waals surface area contributed by atoms with E-state index < -0.39 is 17.3 Å². The number of aliphatic hydroxyl groups excluding tert-OH is 1. The van der Waals surface area contributed by atoms with Crippen LogP contribution in [0.5, 0.6) is 0 Å². The number of fused-ring (bicyclic) bond motifs is 1.